The SMILES string of the molecule is CCOC(=O)C(CCN1CCN2CCCCC2C1)NC. The molecule has 2 unspecified atom stereocenters. The molecule has 0 aromatic rings. The molecule has 2 fully saturated rings. The third-order valence-electron chi connectivity index (χ3n) is 4.58. The molecular weight excluding hydrogens is 254 g/mol. The molecule has 0 aromatic heterocycles. The summed E-state index contributed by atoms with van der Waals surface area (Å²) in [5.74, 6) is -0.119. The van der Waals surface area contributed by atoms with E-state index in [9.17, 15) is 4.79 Å². The predicted molar refractivity (Wildman–Crippen MR) is 79.7 cm³/mol. The molecule has 5 heteroatoms. The Morgan fingerprint density at radius 2 is 2.20 bits per heavy atom. The van der Waals surface area contributed by atoms with Crippen LogP contribution in [0.15, 0.2) is 0 Å². The quantitative estimate of drug-likeness (QED) is 0.727. The predicted octanol–water partition coefficient (Wildman–Crippen LogP) is 0.698. The molecule has 20 heavy (non-hydrogen) atoms. The van der Waals surface area contributed by atoms with Gasteiger partial charge in [-0.2, -0.15) is 0 Å². The lowest BCUT2D eigenvalue weighted by atomic mass is 9.99. The smallest absolute Gasteiger partial charge is 0.323 e. The lowest BCUT2D eigenvalue weighted by Gasteiger charge is -2.44. The topological polar surface area (TPSA) is 44.8 Å². The largest absolute Gasteiger partial charge is 0.465 e. The van der Waals surface area contributed by atoms with Gasteiger partial charge in [-0.1, -0.05) is 6.42 Å². The van der Waals surface area contributed by atoms with Crippen LogP contribution < -0.4 is 5.32 Å². The third kappa shape index (κ3) is 4.17. The van der Waals surface area contributed by atoms with Crippen LogP contribution >= 0.6 is 0 Å². The van der Waals surface area contributed by atoms with E-state index in [0.717, 1.165) is 25.6 Å². The molecule has 2 aliphatic heterocycles. The van der Waals surface area contributed by atoms with Crippen LogP contribution in [0.1, 0.15) is 32.6 Å². The molecule has 0 saturated carbocycles. The van der Waals surface area contributed by atoms with Crippen molar-refractivity contribution in [2.75, 3.05) is 46.4 Å². The van der Waals surface area contributed by atoms with E-state index in [4.69, 9.17) is 4.74 Å². The molecule has 1 N–H and O–H groups in total. The van der Waals surface area contributed by atoms with Gasteiger partial charge in [-0.3, -0.25) is 9.69 Å². The molecule has 0 amide bonds. The number of hydrogen-bond donors (Lipinski definition) is 1. The number of carbonyl (C=O) groups excluding carboxylic acids is 1. The minimum atomic E-state index is -0.167. The monoisotopic (exact) mass is 283 g/mol. The number of piperidine rings is 1. The van der Waals surface area contributed by atoms with Gasteiger partial charge in [-0.15, -0.1) is 0 Å². The van der Waals surface area contributed by atoms with E-state index in [-0.39, 0.29) is 12.0 Å². The lowest BCUT2D eigenvalue weighted by Crippen LogP contribution is -2.55. The number of piperazine rings is 1. The lowest BCUT2D eigenvalue weighted by molar-refractivity contribution is -0.145. The van der Waals surface area contributed by atoms with Crippen LogP contribution in [0, 0.1) is 0 Å². The summed E-state index contributed by atoms with van der Waals surface area (Å²) in [6, 6.07) is 0.576. The van der Waals surface area contributed by atoms with Crippen LogP contribution in [0.3, 0.4) is 0 Å². The average molecular weight is 283 g/mol. The highest BCUT2D eigenvalue weighted by molar-refractivity contribution is 5.75. The Balaban J connectivity index is 1.74. The van der Waals surface area contributed by atoms with Gasteiger partial charge in [0.25, 0.3) is 0 Å². The second-order valence-corrected chi connectivity index (χ2v) is 5.87. The van der Waals surface area contributed by atoms with E-state index in [0.29, 0.717) is 6.61 Å². The van der Waals surface area contributed by atoms with Gasteiger partial charge in [0.1, 0.15) is 6.04 Å². The molecule has 0 aliphatic carbocycles. The Kier molecular flexibility index (Phi) is 6.26. The van der Waals surface area contributed by atoms with Crippen molar-refractivity contribution in [2.24, 2.45) is 0 Å². The van der Waals surface area contributed by atoms with Crippen molar-refractivity contribution >= 4 is 5.97 Å². The summed E-state index contributed by atoms with van der Waals surface area (Å²) in [4.78, 5) is 16.9. The molecule has 2 rings (SSSR count). The van der Waals surface area contributed by atoms with Crippen LogP contribution in [-0.2, 0) is 9.53 Å². The molecule has 0 radical (unpaired) electrons. The zero-order valence-electron chi connectivity index (χ0n) is 12.9. The number of carbonyl (C=O) groups is 1. The highest BCUT2D eigenvalue weighted by atomic mass is 16.5. The van der Waals surface area contributed by atoms with E-state index in [1.807, 2.05) is 14.0 Å². The first-order valence-electron chi connectivity index (χ1n) is 8.05. The Morgan fingerprint density at radius 3 is 2.95 bits per heavy atom. The van der Waals surface area contributed by atoms with Crippen molar-refractivity contribution in [2.45, 2.75) is 44.7 Å². The third-order valence-corrected chi connectivity index (χ3v) is 4.58. The van der Waals surface area contributed by atoms with Gasteiger partial charge >= 0.3 is 5.97 Å². The fourth-order valence-electron chi connectivity index (χ4n) is 3.36. The highest BCUT2D eigenvalue weighted by Gasteiger charge is 2.29. The average Bonchev–Trinajstić information content (AvgIpc) is 2.48. The number of ether oxygens (including phenoxy) is 1. The second-order valence-electron chi connectivity index (χ2n) is 5.87. The second kappa shape index (κ2) is 7.96. The highest BCUT2D eigenvalue weighted by Crippen LogP contribution is 2.21. The van der Waals surface area contributed by atoms with Crippen LogP contribution in [0.4, 0.5) is 0 Å². The Labute approximate surface area is 122 Å². The van der Waals surface area contributed by atoms with Gasteiger partial charge in [-0.25, -0.2) is 0 Å². The maximum absolute atomic E-state index is 11.8. The van der Waals surface area contributed by atoms with Gasteiger partial charge in [0, 0.05) is 32.2 Å². The van der Waals surface area contributed by atoms with Crippen molar-refractivity contribution in [1.82, 2.24) is 15.1 Å². The number of hydrogen-bond acceptors (Lipinski definition) is 5. The number of rotatable bonds is 6. The number of fused-ring (bicyclic) bond motifs is 1. The Hall–Kier alpha value is -0.650. The number of nitrogens with one attached hydrogen (secondary N) is 1. The fourth-order valence-corrected chi connectivity index (χ4v) is 3.36. The van der Waals surface area contributed by atoms with Crippen molar-refractivity contribution in [3.05, 3.63) is 0 Å². The molecule has 0 aromatic carbocycles. The summed E-state index contributed by atoms with van der Waals surface area (Å²) in [5, 5.41) is 3.07. The van der Waals surface area contributed by atoms with E-state index < -0.39 is 0 Å². The first-order chi connectivity index (χ1) is 9.74. The summed E-state index contributed by atoms with van der Waals surface area (Å²) >= 11 is 0. The molecular formula is C15H29N3O2. The molecule has 2 aliphatic rings. The number of nitrogens with zero attached hydrogens (tertiary/aromatic N) is 2. The molecule has 5 nitrogen and oxygen atoms in total. The zero-order chi connectivity index (χ0) is 14.4. The van der Waals surface area contributed by atoms with Gasteiger partial charge < -0.3 is 15.0 Å². The Bertz CT molecular complexity index is 311. The van der Waals surface area contributed by atoms with Crippen LogP contribution in [0.2, 0.25) is 0 Å². The summed E-state index contributed by atoms with van der Waals surface area (Å²) in [6.45, 7) is 8.06. The Morgan fingerprint density at radius 1 is 1.35 bits per heavy atom. The van der Waals surface area contributed by atoms with Gasteiger partial charge in [0.05, 0.1) is 6.61 Å². The molecule has 2 atom stereocenters. The van der Waals surface area contributed by atoms with Crippen molar-refractivity contribution in [3.8, 4) is 0 Å². The molecule has 116 valence electrons. The van der Waals surface area contributed by atoms with Gasteiger partial charge in [-0.05, 0) is 39.8 Å². The van der Waals surface area contributed by atoms with E-state index in [1.54, 1.807) is 0 Å². The van der Waals surface area contributed by atoms with E-state index in [2.05, 4.69) is 15.1 Å². The minimum Gasteiger partial charge on any atom is -0.465 e. The summed E-state index contributed by atoms with van der Waals surface area (Å²) in [7, 11) is 1.83. The van der Waals surface area contributed by atoms with Crippen molar-refractivity contribution < 1.29 is 9.53 Å². The minimum absolute atomic E-state index is 0.119. The maximum atomic E-state index is 11.8. The molecule has 0 bridgehead atoms. The molecule has 2 heterocycles. The van der Waals surface area contributed by atoms with Crippen molar-refractivity contribution in [3.63, 3.8) is 0 Å². The van der Waals surface area contributed by atoms with Gasteiger partial charge in [0.15, 0.2) is 0 Å². The van der Waals surface area contributed by atoms with E-state index >= 15 is 0 Å². The van der Waals surface area contributed by atoms with Crippen LogP contribution in [-0.4, -0.2) is 74.2 Å². The van der Waals surface area contributed by atoms with Gasteiger partial charge in [0.2, 0.25) is 0 Å². The summed E-state index contributed by atoms with van der Waals surface area (Å²) < 4.78 is 5.09. The van der Waals surface area contributed by atoms with E-state index in [1.165, 1.54) is 38.9 Å². The first kappa shape index (κ1) is 15.7. The fraction of sp³-hybridized carbons (Fsp3) is 0.933. The standard InChI is InChI=1S/C15H29N3O2/c1-3-20-15(19)14(16-2)7-9-17-10-11-18-8-5-4-6-13(18)12-17/h13-14,16H,3-12H2,1-2H3. The van der Waals surface area contributed by atoms with Crippen LogP contribution in [0.25, 0.3) is 0 Å². The summed E-state index contributed by atoms with van der Waals surface area (Å²) in [6.07, 6.45) is 4.91. The van der Waals surface area contributed by atoms with Crippen molar-refractivity contribution in [1.29, 1.82) is 0 Å². The molecule has 2 saturated heterocycles. The summed E-state index contributed by atoms with van der Waals surface area (Å²) in [5.41, 5.74) is 0. The normalized spacial score (nSPS) is 26.0. The maximum Gasteiger partial charge on any atom is 0.323 e. The van der Waals surface area contributed by atoms with Crippen LogP contribution in [0.5, 0.6) is 0 Å². The number of likely N-dealkylation sites (N-methyl/N-ethyl adjacent to an activating group) is 1. The first-order valence-corrected chi connectivity index (χ1v) is 8.05. The zero-order valence-corrected chi connectivity index (χ0v) is 12.9. The number of esters is 1. The molecule has 0 spiro atoms.